The second-order valence-corrected chi connectivity index (χ2v) is 3.19. The lowest BCUT2D eigenvalue weighted by atomic mass is 10.1. The zero-order chi connectivity index (χ0) is 12.3. The van der Waals surface area contributed by atoms with Crippen LogP contribution in [0, 0.1) is 0 Å². The van der Waals surface area contributed by atoms with E-state index in [1.54, 1.807) is 0 Å². The number of benzene rings is 1. The molecule has 0 fully saturated rings. The molecule has 0 atom stereocenters. The molecule has 0 aliphatic carbocycles. The quantitative estimate of drug-likeness (QED) is 0.509. The molecule has 17 heavy (non-hydrogen) atoms. The minimum absolute atomic E-state index is 0.0449. The van der Waals surface area contributed by atoms with E-state index in [2.05, 4.69) is 20.5 Å². The molecule has 0 radical (unpaired) electrons. The van der Waals surface area contributed by atoms with E-state index in [4.69, 9.17) is 5.73 Å². The Morgan fingerprint density at radius 2 is 2.18 bits per heavy atom. The summed E-state index contributed by atoms with van der Waals surface area (Å²) in [5.74, 6) is -0.483. The van der Waals surface area contributed by atoms with Crippen LogP contribution in [-0.2, 0) is 0 Å². The van der Waals surface area contributed by atoms with Gasteiger partial charge in [-0.25, -0.2) is 4.98 Å². The van der Waals surface area contributed by atoms with Crippen molar-refractivity contribution in [2.75, 3.05) is 11.1 Å². The predicted molar refractivity (Wildman–Crippen MR) is 60.3 cm³/mol. The molecule has 7 heteroatoms. The van der Waals surface area contributed by atoms with Gasteiger partial charge in [-0.05, 0) is 18.2 Å². The van der Waals surface area contributed by atoms with E-state index in [1.807, 2.05) is 0 Å². The number of nitrogens with zero attached hydrogens (tertiary/aromatic N) is 3. The summed E-state index contributed by atoms with van der Waals surface area (Å²) < 4.78 is 0. The van der Waals surface area contributed by atoms with Crippen molar-refractivity contribution in [1.29, 1.82) is 0 Å². The fraction of sp³-hybridized carbons (Fsp3) is 0. The molecule has 86 valence electrons. The lowest BCUT2D eigenvalue weighted by molar-refractivity contribution is 0.102. The molecule has 0 aliphatic rings. The van der Waals surface area contributed by atoms with Gasteiger partial charge in [0.2, 0.25) is 5.95 Å². The number of nitrogens with one attached hydrogen (secondary N) is 1. The minimum Gasteiger partial charge on any atom is -0.508 e. The van der Waals surface area contributed by atoms with E-state index < -0.39 is 5.91 Å². The number of phenolic OH excluding ortho intramolecular Hbond substituents is 1. The smallest absolute Gasteiger partial charge is 0.260 e. The van der Waals surface area contributed by atoms with Gasteiger partial charge >= 0.3 is 0 Å². The molecule has 0 saturated heterocycles. The number of amides is 1. The number of aromatic hydroxyl groups is 1. The van der Waals surface area contributed by atoms with Gasteiger partial charge in [0.1, 0.15) is 5.75 Å². The van der Waals surface area contributed by atoms with Gasteiger partial charge in [0.25, 0.3) is 5.91 Å². The van der Waals surface area contributed by atoms with Gasteiger partial charge in [0.15, 0.2) is 0 Å². The van der Waals surface area contributed by atoms with E-state index in [9.17, 15) is 9.90 Å². The Kier molecular flexibility index (Phi) is 2.82. The molecule has 0 saturated carbocycles. The first kappa shape index (κ1) is 10.8. The van der Waals surface area contributed by atoms with Gasteiger partial charge in [-0.2, -0.15) is 5.10 Å². The van der Waals surface area contributed by atoms with Crippen molar-refractivity contribution in [3.63, 3.8) is 0 Å². The summed E-state index contributed by atoms with van der Waals surface area (Å²) in [5.41, 5.74) is 6.02. The molecule has 0 bridgehead atoms. The number of carbonyl (C=O) groups excluding carboxylic acids is 1. The Morgan fingerprint density at radius 3 is 2.88 bits per heavy atom. The van der Waals surface area contributed by atoms with Crippen LogP contribution in [0.25, 0.3) is 0 Å². The highest BCUT2D eigenvalue weighted by Gasteiger charge is 2.11. The average molecular weight is 231 g/mol. The van der Waals surface area contributed by atoms with E-state index in [0.717, 1.165) is 0 Å². The summed E-state index contributed by atoms with van der Waals surface area (Å²) in [6, 6.07) is 4.10. The molecule has 1 amide bonds. The molecule has 7 nitrogen and oxygen atoms in total. The highest BCUT2D eigenvalue weighted by molar-refractivity contribution is 6.07. The monoisotopic (exact) mass is 231 g/mol. The van der Waals surface area contributed by atoms with E-state index in [1.165, 1.54) is 30.6 Å². The molecule has 2 rings (SSSR count). The van der Waals surface area contributed by atoms with Crippen LogP contribution >= 0.6 is 0 Å². The van der Waals surface area contributed by atoms with Gasteiger partial charge < -0.3 is 10.8 Å². The molecular weight excluding hydrogens is 222 g/mol. The van der Waals surface area contributed by atoms with Crippen LogP contribution in [0.3, 0.4) is 0 Å². The summed E-state index contributed by atoms with van der Waals surface area (Å²) in [5, 5.41) is 18.8. The molecule has 0 spiro atoms. The van der Waals surface area contributed by atoms with Crippen LogP contribution in [0.5, 0.6) is 5.75 Å². The maximum Gasteiger partial charge on any atom is 0.260 e. The Bertz CT molecular complexity index is 544. The van der Waals surface area contributed by atoms with Crippen LogP contribution in [0.15, 0.2) is 30.6 Å². The lowest BCUT2D eigenvalue weighted by Gasteiger charge is -2.05. The second kappa shape index (κ2) is 4.44. The first-order valence-electron chi connectivity index (χ1n) is 4.70. The SMILES string of the molecule is Nc1ccc(O)cc1C(=O)Nc1nccnn1. The van der Waals surface area contributed by atoms with Gasteiger partial charge in [0.05, 0.1) is 18.0 Å². The predicted octanol–water partition coefficient (Wildman–Crippen LogP) is 0.412. The molecule has 1 aromatic carbocycles. The molecule has 1 aromatic heterocycles. The number of hydrogen-bond acceptors (Lipinski definition) is 6. The van der Waals surface area contributed by atoms with Gasteiger partial charge in [-0.1, -0.05) is 0 Å². The van der Waals surface area contributed by atoms with Gasteiger partial charge in [-0.15, -0.1) is 5.10 Å². The summed E-state index contributed by atoms with van der Waals surface area (Å²) in [4.78, 5) is 15.6. The van der Waals surface area contributed by atoms with Crippen molar-refractivity contribution in [3.05, 3.63) is 36.2 Å². The largest absolute Gasteiger partial charge is 0.508 e. The topological polar surface area (TPSA) is 114 Å². The molecule has 0 aliphatic heterocycles. The lowest BCUT2D eigenvalue weighted by Crippen LogP contribution is -2.16. The van der Waals surface area contributed by atoms with E-state index in [-0.39, 0.29) is 22.9 Å². The third kappa shape index (κ3) is 2.46. The Hall–Kier alpha value is -2.70. The van der Waals surface area contributed by atoms with Crippen LogP contribution in [0.4, 0.5) is 11.6 Å². The van der Waals surface area contributed by atoms with Crippen molar-refractivity contribution in [2.24, 2.45) is 0 Å². The normalized spacial score (nSPS) is 9.88. The van der Waals surface area contributed by atoms with Crippen molar-refractivity contribution in [1.82, 2.24) is 15.2 Å². The van der Waals surface area contributed by atoms with Crippen molar-refractivity contribution < 1.29 is 9.90 Å². The summed E-state index contributed by atoms with van der Waals surface area (Å²) in [6.07, 6.45) is 2.78. The van der Waals surface area contributed by atoms with Gasteiger partial charge in [-0.3, -0.25) is 10.1 Å². The fourth-order valence-electron chi connectivity index (χ4n) is 1.21. The average Bonchev–Trinajstić information content (AvgIpc) is 2.33. The fourth-order valence-corrected chi connectivity index (χ4v) is 1.21. The first-order chi connectivity index (χ1) is 8.16. The number of hydrogen-bond donors (Lipinski definition) is 3. The van der Waals surface area contributed by atoms with Crippen LogP contribution in [0.1, 0.15) is 10.4 Å². The molecule has 4 N–H and O–H groups in total. The minimum atomic E-state index is -0.508. The number of aromatic nitrogens is 3. The molecule has 1 heterocycles. The second-order valence-electron chi connectivity index (χ2n) is 3.19. The zero-order valence-corrected chi connectivity index (χ0v) is 8.66. The number of rotatable bonds is 2. The number of anilines is 2. The first-order valence-corrected chi connectivity index (χ1v) is 4.70. The van der Waals surface area contributed by atoms with Crippen molar-refractivity contribution >= 4 is 17.5 Å². The van der Waals surface area contributed by atoms with Crippen LogP contribution in [0.2, 0.25) is 0 Å². The zero-order valence-electron chi connectivity index (χ0n) is 8.66. The van der Waals surface area contributed by atoms with E-state index >= 15 is 0 Å². The van der Waals surface area contributed by atoms with Crippen molar-refractivity contribution in [3.8, 4) is 5.75 Å². The standard InChI is InChI=1S/C10H9N5O2/c11-8-2-1-6(16)5-7(8)9(17)14-10-12-3-4-13-15-10/h1-5,16H,11H2,(H,12,14,15,17). The molecular formula is C10H9N5O2. The third-order valence-electron chi connectivity index (χ3n) is 1.99. The van der Waals surface area contributed by atoms with Crippen LogP contribution < -0.4 is 11.1 Å². The highest BCUT2D eigenvalue weighted by atomic mass is 16.3. The highest BCUT2D eigenvalue weighted by Crippen LogP contribution is 2.18. The number of nitrogen functional groups attached to an aromatic ring is 1. The summed E-state index contributed by atoms with van der Waals surface area (Å²) in [7, 11) is 0. The number of phenols is 1. The van der Waals surface area contributed by atoms with Crippen molar-refractivity contribution in [2.45, 2.75) is 0 Å². The van der Waals surface area contributed by atoms with E-state index in [0.29, 0.717) is 0 Å². The molecule has 0 unspecified atom stereocenters. The third-order valence-corrected chi connectivity index (χ3v) is 1.99. The van der Waals surface area contributed by atoms with Crippen LogP contribution in [-0.4, -0.2) is 26.2 Å². The summed E-state index contributed by atoms with van der Waals surface area (Å²) >= 11 is 0. The van der Waals surface area contributed by atoms with Gasteiger partial charge in [0, 0.05) is 5.69 Å². The Morgan fingerprint density at radius 1 is 1.35 bits per heavy atom. The molecule has 2 aromatic rings. The maximum absolute atomic E-state index is 11.8. The maximum atomic E-state index is 11.8. The summed E-state index contributed by atoms with van der Waals surface area (Å²) in [6.45, 7) is 0. The Balaban J connectivity index is 2.23. The number of carbonyl (C=O) groups is 1. The number of nitrogens with two attached hydrogens (primary N) is 1. The Labute approximate surface area is 96.3 Å².